The summed E-state index contributed by atoms with van der Waals surface area (Å²) >= 11 is 0. The minimum atomic E-state index is 0.591. The van der Waals surface area contributed by atoms with Crippen molar-refractivity contribution in [2.45, 2.75) is 58.4 Å². The van der Waals surface area contributed by atoms with Crippen molar-refractivity contribution in [3.05, 3.63) is 120 Å². The Balaban J connectivity index is 1.27. The average Bonchev–Trinajstić information content (AvgIpc) is 2.87. The number of aromatic nitrogens is 2. The van der Waals surface area contributed by atoms with Crippen molar-refractivity contribution in [2.24, 2.45) is 7.05 Å². The molecule has 2 aromatic carbocycles. The lowest BCUT2D eigenvalue weighted by atomic mass is 9.93. The minimum absolute atomic E-state index is 0.591. The van der Waals surface area contributed by atoms with Gasteiger partial charge in [0.2, 0.25) is 0 Å². The number of nitrogens with zero attached hydrogens (tertiary/aromatic N) is 2. The molecule has 4 aromatic rings. The van der Waals surface area contributed by atoms with E-state index < -0.39 is 0 Å². The number of benzene rings is 2. The third-order valence-corrected chi connectivity index (χ3v) is 6.78. The maximum Gasteiger partial charge on any atom is 0.173 e. The molecule has 4 rings (SSSR count). The Morgan fingerprint density at radius 2 is 1.18 bits per heavy atom. The molecule has 2 nitrogen and oxygen atoms in total. The van der Waals surface area contributed by atoms with E-state index in [2.05, 4.69) is 121 Å². The Hall–Kier alpha value is -3.26. The van der Waals surface area contributed by atoms with Gasteiger partial charge < -0.3 is 0 Å². The van der Waals surface area contributed by atoms with E-state index in [9.17, 15) is 0 Å². The van der Waals surface area contributed by atoms with E-state index in [0.717, 1.165) is 6.54 Å². The van der Waals surface area contributed by atoms with E-state index in [1.165, 1.54) is 65.5 Å². The lowest BCUT2D eigenvalue weighted by Crippen LogP contribution is -2.33. The van der Waals surface area contributed by atoms with Crippen LogP contribution in [-0.4, -0.2) is 0 Å². The Kier molecular flexibility index (Phi) is 8.25. The minimum Gasteiger partial charge on any atom is -0.208 e. The molecule has 0 bridgehead atoms. The molecule has 1 atom stereocenters. The van der Waals surface area contributed by atoms with Crippen molar-refractivity contribution in [3.8, 4) is 11.1 Å². The van der Waals surface area contributed by atoms with Crippen molar-refractivity contribution in [1.29, 1.82) is 0 Å². The highest BCUT2D eigenvalue weighted by atomic mass is 14.9. The summed E-state index contributed by atoms with van der Waals surface area (Å²) in [6.45, 7) is 5.49. The zero-order valence-electron chi connectivity index (χ0n) is 21.0. The van der Waals surface area contributed by atoms with Gasteiger partial charge in [-0.25, -0.2) is 9.13 Å². The zero-order chi connectivity index (χ0) is 23.8. The zero-order valence-corrected chi connectivity index (χ0v) is 21.0. The maximum atomic E-state index is 2.36. The smallest absolute Gasteiger partial charge is 0.173 e. The van der Waals surface area contributed by atoms with Crippen molar-refractivity contribution >= 4 is 0 Å². The van der Waals surface area contributed by atoms with E-state index in [1.54, 1.807) is 0 Å². The predicted molar refractivity (Wildman–Crippen MR) is 141 cm³/mol. The van der Waals surface area contributed by atoms with Crippen LogP contribution in [0.25, 0.3) is 11.1 Å². The van der Waals surface area contributed by atoms with E-state index in [1.807, 2.05) is 7.05 Å². The molecule has 0 radical (unpaired) electrons. The number of aryl methyl sites for hydroxylation is 3. The molecule has 0 aliphatic carbocycles. The Morgan fingerprint density at radius 1 is 0.647 bits per heavy atom. The first-order valence-electron chi connectivity index (χ1n) is 12.7. The molecule has 0 aliphatic heterocycles. The maximum absolute atomic E-state index is 2.36. The summed E-state index contributed by atoms with van der Waals surface area (Å²) in [7, 11) is 2.04. The highest BCUT2D eigenvalue weighted by Gasteiger charge is 2.09. The normalized spacial score (nSPS) is 12.0. The predicted octanol–water partition coefficient (Wildman–Crippen LogP) is 6.59. The SMILES string of the molecule is CCCc1ccc(CCCC(C)c2ccc(C[n+]3ccc(-c4cc[n+](C)cc4)cc3)cc2)cc1. The van der Waals surface area contributed by atoms with Gasteiger partial charge in [0.25, 0.3) is 0 Å². The largest absolute Gasteiger partial charge is 0.208 e. The summed E-state index contributed by atoms with van der Waals surface area (Å²) in [5.41, 5.74) is 8.20. The van der Waals surface area contributed by atoms with Crippen LogP contribution in [0, 0.1) is 0 Å². The van der Waals surface area contributed by atoms with Gasteiger partial charge in [-0.2, -0.15) is 0 Å². The van der Waals surface area contributed by atoms with E-state index in [-0.39, 0.29) is 0 Å². The van der Waals surface area contributed by atoms with Gasteiger partial charge in [0.05, 0.1) is 0 Å². The third kappa shape index (κ3) is 6.63. The van der Waals surface area contributed by atoms with Crippen LogP contribution < -0.4 is 9.13 Å². The molecule has 0 fully saturated rings. The van der Waals surface area contributed by atoms with E-state index >= 15 is 0 Å². The average molecular weight is 451 g/mol. The summed E-state index contributed by atoms with van der Waals surface area (Å²) in [5, 5.41) is 0. The molecular weight excluding hydrogens is 412 g/mol. The Labute approximate surface area is 205 Å². The van der Waals surface area contributed by atoms with Crippen LogP contribution in [0.2, 0.25) is 0 Å². The van der Waals surface area contributed by atoms with Gasteiger partial charge in [-0.1, -0.05) is 68.8 Å². The van der Waals surface area contributed by atoms with Crippen LogP contribution in [0.1, 0.15) is 61.3 Å². The lowest BCUT2D eigenvalue weighted by molar-refractivity contribution is -0.688. The Morgan fingerprint density at radius 3 is 1.76 bits per heavy atom. The van der Waals surface area contributed by atoms with E-state index in [4.69, 9.17) is 0 Å². The van der Waals surface area contributed by atoms with Gasteiger partial charge >= 0.3 is 0 Å². The monoisotopic (exact) mass is 450 g/mol. The number of hydrogen-bond donors (Lipinski definition) is 0. The summed E-state index contributed by atoms with van der Waals surface area (Å²) in [4.78, 5) is 0. The molecule has 0 N–H and O–H groups in total. The molecule has 0 spiro atoms. The van der Waals surface area contributed by atoms with Gasteiger partial charge in [0.1, 0.15) is 7.05 Å². The van der Waals surface area contributed by atoms with Crippen LogP contribution in [-0.2, 0) is 26.4 Å². The third-order valence-electron chi connectivity index (χ3n) is 6.78. The molecule has 0 saturated heterocycles. The van der Waals surface area contributed by atoms with Crippen LogP contribution >= 0.6 is 0 Å². The molecule has 174 valence electrons. The van der Waals surface area contributed by atoms with Gasteiger partial charge in [-0.05, 0) is 59.4 Å². The molecule has 2 heterocycles. The fraction of sp³-hybridized carbons (Fsp3) is 0.312. The summed E-state index contributed by atoms with van der Waals surface area (Å²) < 4.78 is 4.31. The van der Waals surface area contributed by atoms with Crippen LogP contribution in [0.3, 0.4) is 0 Å². The van der Waals surface area contributed by atoms with Gasteiger partial charge in [-0.3, -0.25) is 0 Å². The molecule has 0 saturated carbocycles. The molecule has 0 amide bonds. The highest BCUT2D eigenvalue weighted by molar-refractivity contribution is 5.60. The number of hydrogen-bond acceptors (Lipinski definition) is 0. The molecule has 2 heteroatoms. The second-order valence-electron chi connectivity index (χ2n) is 9.61. The fourth-order valence-electron chi connectivity index (χ4n) is 4.55. The van der Waals surface area contributed by atoms with Crippen molar-refractivity contribution in [3.63, 3.8) is 0 Å². The Bertz CT molecular complexity index is 1140. The number of rotatable bonds is 10. The first-order chi connectivity index (χ1) is 16.6. The van der Waals surface area contributed by atoms with Gasteiger partial charge in [0, 0.05) is 29.8 Å². The molecule has 34 heavy (non-hydrogen) atoms. The second kappa shape index (κ2) is 11.7. The summed E-state index contributed by atoms with van der Waals surface area (Å²) in [6, 6.07) is 27.1. The van der Waals surface area contributed by atoms with Crippen LogP contribution in [0.15, 0.2) is 97.6 Å². The van der Waals surface area contributed by atoms with Gasteiger partial charge in [0.15, 0.2) is 31.3 Å². The van der Waals surface area contributed by atoms with Crippen molar-refractivity contribution < 1.29 is 9.13 Å². The van der Waals surface area contributed by atoms with Gasteiger partial charge in [-0.15, -0.1) is 0 Å². The van der Waals surface area contributed by atoms with E-state index in [0.29, 0.717) is 5.92 Å². The standard InChI is InChI=1S/C32H38N2/c1-4-6-27-9-11-28(12-10-27)8-5-7-26(2)30-15-13-29(14-16-30)25-34-23-19-32(20-24-34)31-17-21-33(3)22-18-31/h9-24,26H,4-8,25H2,1-3H3/q+2. The molecule has 2 aromatic heterocycles. The molecule has 0 aliphatic rings. The molecule has 1 unspecified atom stereocenters. The van der Waals surface area contributed by atoms with Crippen LogP contribution in [0.4, 0.5) is 0 Å². The lowest BCUT2D eigenvalue weighted by Gasteiger charge is -2.12. The first-order valence-corrected chi connectivity index (χ1v) is 12.7. The van der Waals surface area contributed by atoms with Crippen LogP contribution in [0.5, 0.6) is 0 Å². The fourth-order valence-corrected chi connectivity index (χ4v) is 4.55. The highest BCUT2D eigenvalue weighted by Crippen LogP contribution is 2.22. The quantitative estimate of drug-likeness (QED) is 0.241. The second-order valence-corrected chi connectivity index (χ2v) is 9.61. The summed E-state index contributed by atoms with van der Waals surface area (Å²) in [5.74, 6) is 0.591. The topological polar surface area (TPSA) is 7.76 Å². The van der Waals surface area contributed by atoms with Crippen molar-refractivity contribution in [1.82, 2.24) is 0 Å². The first kappa shape index (κ1) is 23.9. The molecular formula is C32H38N2+2. The number of pyridine rings is 2. The summed E-state index contributed by atoms with van der Waals surface area (Å²) in [6.07, 6.45) is 14.6. The van der Waals surface area contributed by atoms with Crippen molar-refractivity contribution in [2.75, 3.05) is 0 Å².